The highest BCUT2D eigenvalue weighted by Gasteiger charge is 2.52. The maximum atomic E-state index is 13.5. The summed E-state index contributed by atoms with van der Waals surface area (Å²) in [5.74, 6) is -0.587. The second-order valence-corrected chi connectivity index (χ2v) is 12.7. The molecule has 7 atom stereocenters. The van der Waals surface area contributed by atoms with Crippen LogP contribution in [-0.2, 0) is 19.1 Å². The first kappa shape index (κ1) is 29.0. The molecule has 1 aromatic rings. The lowest BCUT2D eigenvalue weighted by Gasteiger charge is -2.36. The predicted molar refractivity (Wildman–Crippen MR) is 143 cm³/mol. The molecule has 3 heterocycles. The number of epoxide rings is 1. The standard InChI is InChI=1S/C28H44N2O5S/c1-16-10-9-11-28(7)23(35-28)13-21(17(2)12-20-15-36-19(4)29-20)30-24(32)14-22(31)27(5,6)26(33)18(3)25(16)34-8/h12,15-16,18,21-23,25,31H,9-11,13-14H2,1-8H3,(H,30,32)/b17-12+/t16?,18?,21-,22?,23-,25-,28+/m0/s1. The Bertz CT molecular complexity index is 973. The third-order valence-corrected chi connectivity index (χ3v) is 9.09. The summed E-state index contributed by atoms with van der Waals surface area (Å²) >= 11 is 1.59. The minimum atomic E-state index is -1.11. The lowest BCUT2D eigenvalue weighted by Crippen LogP contribution is -2.47. The molecule has 2 fully saturated rings. The Kier molecular flexibility index (Phi) is 9.18. The van der Waals surface area contributed by atoms with E-state index in [1.165, 1.54) is 0 Å². The fraction of sp³-hybridized carbons (Fsp3) is 0.750. The van der Waals surface area contributed by atoms with Gasteiger partial charge in [0.25, 0.3) is 0 Å². The van der Waals surface area contributed by atoms with E-state index in [0.717, 1.165) is 35.5 Å². The summed E-state index contributed by atoms with van der Waals surface area (Å²) in [6, 6.07) is -0.249. The number of carbonyl (C=O) groups is 2. The highest BCUT2D eigenvalue weighted by molar-refractivity contribution is 7.09. The number of aryl methyl sites for hydroxylation is 1. The number of aromatic nitrogens is 1. The number of aliphatic hydroxyl groups excluding tert-OH is 1. The third kappa shape index (κ3) is 6.63. The van der Waals surface area contributed by atoms with Crippen LogP contribution in [0.4, 0.5) is 0 Å². The van der Waals surface area contributed by atoms with Gasteiger partial charge in [0.1, 0.15) is 5.78 Å². The van der Waals surface area contributed by atoms with Gasteiger partial charge in [0.2, 0.25) is 5.91 Å². The Hall–Kier alpha value is -1.61. The van der Waals surface area contributed by atoms with Crippen molar-refractivity contribution in [2.45, 2.75) is 111 Å². The molecule has 3 rings (SSSR count). The van der Waals surface area contributed by atoms with Crippen LogP contribution in [0.3, 0.4) is 0 Å². The monoisotopic (exact) mass is 520 g/mol. The molecule has 1 aromatic heterocycles. The first-order chi connectivity index (χ1) is 16.8. The Balaban J connectivity index is 1.87. The molecule has 36 heavy (non-hydrogen) atoms. The van der Waals surface area contributed by atoms with Crippen molar-refractivity contribution >= 4 is 29.1 Å². The van der Waals surface area contributed by atoms with Crippen molar-refractivity contribution in [3.05, 3.63) is 21.7 Å². The number of nitrogens with zero attached hydrogens (tertiary/aromatic N) is 1. The van der Waals surface area contributed by atoms with Crippen LogP contribution >= 0.6 is 11.3 Å². The van der Waals surface area contributed by atoms with Crippen molar-refractivity contribution in [2.75, 3.05) is 7.11 Å². The zero-order valence-corrected chi connectivity index (χ0v) is 23.9. The zero-order chi connectivity index (χ0) is 26.8. The molecule has 2 aliphatic heterocycles. The number of hydrogen-bond acceptors (Lipinski definition) is 7. The first-order valence-corrected chi connectivity index (χ1v) is 14.0. The van der Waals surface area contributed by atoms with Gasteiger partial charge in [0, 0.05) is 24.8 Å². The third-order valence-electron chi connectivity index (χ3n) is 8.30. The Morgan fingerprint density at radius 3 is 2.61 bits per heavy atom. The van der Waals surface area contributed by atoms with Gasteiger partial charge in [-0.15, -0.1) is 11.3 Å². The van der Waals surface area contributed by atoms with Crippen molar-refractivity contribution < 1.29 is 24.2 Å². The molecular formula is C28H44N2O5S. The molecule has 2 N–H and O–H groups in total. The number of ether oxygens (including phenoxy) is 2. The van der Waals surface area contributed by atoms with E-state index in [9.17, 15) is 14.7 Å². The summed E-state index contributed by atoms with van der Waals surface area (Å²) in [5, 5.41) is 17.1. The van der Waals surface area contributed by atoms with Gasteiger partial charge in [-0.25, -0.2) is 4.98 Å². The molecule has 3 unspecified atom stereocenters. The molecule has 1 amide bonds. The quantitative estimate of drug-likeness (QED) is 0.560. The molecular weight excluding hydrogens is 476 g/mol. The lowest BCUT2D eigenvalue weighted by molar-refractivity contribution is -0.144. The maximum absolute atomic E-state index is 13.5. The van der Waals surface area contributed by atoms with Gasteiger partial charge in [-0.1, -0.05) is 34.1 Å². The number of carbonyl (C=O) groups excluding carboxylic acids is 2. The van der Waals surface area contributed by atoms with Crippen LogP contribution in [-0.4, -0.2) is 58.8 Å². The molecule has 7 nitrogen and oxygen atoms in total. The van der Waals surface area contributed by atoms with Crippen molar-refractivity contribution in [3.63, 3.8) is 0 Å². The average molecular weight is 521 g/mol. The fourth-order valence-corrected chi connectivity index (χ4v) is 6.18. The summed E-state index contributed by atoms with van der Waals surface area (Å²) in [6.45, 7) is 13.5. The van der Waals surface area contributed by atoms with Gasteiger partial charge >= 0.3 is 0 Å². The number of Topliss-reactive ketones (excluding diaryl/α,β-unsaturated/α-hetero) is 1. The van der Waals surface area contributed by atoms with E-state index in [-0.39, 0.29) is 47.9 Å². The van der Waals surface area contributed by atoms with Gasteiger partial charge in [0.05, 0.1) is 52.5 Å². The van der Waals surface area contributed by atoms with Crippen molar-refractivity contribution in [1.29, 1.82) is 0 Å². The van der Waals surface area contributed by atoms with Crippen LogP contribution in [0.1, 0.15) is 84.3 Å². The van der Waals surface area contributed by atoms with E-state index in [0.29, 0.717) is 6.42 Å². The Labute approximate surface area is 220 Å². The first-order valence-electron chi connectivity index (χ1n) is 13.1. The van der Waals surface area contributed by atoms with Gasteiger partial charge in [-0.3, -0.25) is 9.59 Å². The number of methoxy groups -OCH3 is 1. The molecule has 2 saturated heterocycles. The topological polar surface area (TPSA) is 101 Å². The summed E-state index contributed by atoms with van der Waals surface area (Å²) in [6.07, 6.45) is 4.00. The van der Waals surface area contributed by atoms with Gasteiger partial charge in [-0.05, 0) is 51.2 Å². The second kappa shape index (κ2) is 11.4. The molecule has 0 aromatic carbocycles. The SMILES string of the molecule is CO[C@H]1C(C)CCC[C@@]2(C)O[C@H]2C[C@@H](/C(C)=C/c2csc(C)n2)NC(=O)CC(O)C(C)(C)C(=O)C1C. The molecule has 0 bridgehead atoms. The van der Waals surface area contributed by atoms with Crippen LogP contribution in [0.25, 0.3) is 6.08 Å². The summed E-state index contributed by atoms with van der Waals surface area (Å²) in [5.41, 5.74) is 0.560. The largest absolute Gasteiger partial charge is 0.392 e. The Morgan fingerprint density at radius 1 is 1.31 bits per heavy atom. The number of amides is 1. The van der Waals surface area contributed by atoms with E-state index < -0.39 is 17.4 Å². The molecule has 8 heteroatoms. The predicted octanol–water partition coefficient (Wildman–Crippen LogP) is 4.70. The summed E-state index contributed by atoms with van der Waals surface area (Å²) in [7, 11) is 1.64. The molecule has 0 aliphatic carbocycles. The second-order valence-electron chi connectivity index (χ2n) is 11.6. The number of nitrogens with one attached hydrogen (secondary N) is 1. The van der Waals surface area contributed by atoms with Crippen LogP contribution in [0, 0.1) is 24.2 Å². The van der Waals surface area contributed by atoms with Crippen LogP contribution in [0.15, 0.2) is 11.0 Å². The molecule has 0 spiro atoms. The van der Waals surface area contributed by atoms with Crippen molar-refractivity contribution in [2.24, 2.45) is 17.3 Å². The maximum Gasteiger partial charge on any atom is 0.223 e. The minimum Gasteiger partial charge on any atom is -0.392 e. The smallest absolute Gasteiger partial charge is 0.223 e. The molecule has 202 valence electrons. The highest BCUT2D eigenvalue weighted by Crippen LogP contribution is 2.44. The van der Waals surface area contributed by atoms with E-state index in [1.807, 2.05) is 32.2 Å². The van der Waals surface area contributed by atoms with E-state index in [4.69, 9.17) is 9.47 Å². The summed E-state index contributed by atoms with van der Waals surface area (Å²) < 4.78 is 11.9. The number of aliphatic hydroxyl groups is 1. The Morgan fingerprint density at radius 2 is 2.00 bits per heavy atom. The van der Waals surface area contributed by atoms with E-state index in [2.05, 4.69) is 24.1 Å². The lowest BCUT2D eigenvalue weighted by atomic mass is 9.72. The van der Waals surface area contributed by atoms with E-state index in [1.54, 1.807) is 32.3 Å². The van der Waals surface area contributed by atoms with Crippen LogP contribution < -0.4 is 5.32 Å². The zero-order valence-electron chi connectivity index (χ0n) is 23.1. The highest BCUT2D eigenvalue weighted by atomic mass is 32.1. The van der Waals surface area contributed by atoms with Gasteiger partial charge in [-0.2, -0.15) is 0 Å². The van der Waals surface area contributed by atoms with Crippen LogP contribution in [0.5, 0.6) is 0 Å². The number of rotatable bonds is 3. The van der Waals surface area contributed by atoms with E-state index >= 15 is 0 Å². The number of thiazole rings is 1. The van der Waals surface area contributed by atoms with Gasteiger partial charge < -0.3 is 19.9 Å². The summed E-state index contributed by atoms with van der Waals surface area (Å²) in [4.78, 5) is 31.1. The molecule has 0 saturated carbocycles. The van der Waals surface area contributed by atoms with Gasteiger partial charge in [0.15, 0.2) is 0 Å². The number of hydrogen-bond donors (Lipinski definition) is 2. The molecule has 2 aliphatic rings. The van der Waals surface area contributed by atoms with Crippen LogP contribution in [0.2, 0.25) is 0 Å². The van der Waals surface area contributed by atoms with Crippen molar-refractivity contribution in [3.8, 4) is 0 Å². The fourth-order valence-electron chi connectivity index (χ4n) is 5.61. The minimum absolute atomic E-state index is 0.0478. The average Bonchev–Trinajstić information content (AvgIpc) is 3.24. The number of ketones is 1. The number of fused-ring (bicyclic) bond motifs is 1. The van der Waals surface area contributed by atoms with Crippen molar-refractivity contribution in [1.82, 2.24) is 10.3 Å². The molecule has 0 radical (unpaired) electrons. The normalized spacial score (nSPS) is 36.8.